The van der Waals surface area contributed by atoms with Gasteiger partial charge in [0.2, 0.25) is 0 Å². The van der Waals surface area contributed by atoms with Gasteiger partial charge >= 0.3 is 6.61 Å². The summed E-state index contributed by atoms with van der Waals surface area (Å²) in [5.41, 5.74) is -0.476. The predicted octanol–water partition coefficient (Wildman–Crippen LogP) is 4.41. The van der Waals surface area contributed by atoms with Gasteiger partial charge in [-0.2, -0.15) is 8.78 Å². The minimum atomic E-state index is -3.80. The highest BCUT2D eigenvalue weighted by atomic mass is 19.3. The van der Waals surface area contributed by atoms with Crippen LogP contribution in [0.15, 0.2) is 41.5 Å². The number of halogens is 6. The summed E-state index contributed by atoms with van der Waals surface area (Å²) in [5, 5.41) is 2.34. The molecular weight excluding hydrogens is 442 g/mol. The lowest BCUT2D eigenvalue weighted by Gasteiger charge is -2.42. The highest BCUT2D eigenvalue weighted by Gasteiger charge is 2.60. The van der Waals surface area contributed by atoms with Crippen molar-refractivity contribution in [1.82, 2.24) is 4.98 Å². The van der Waals surface area contributed by atoms with Gasteiger partial charge in [-0.3, -0.25) is 9.79 Å². The van der Waals surface area contributed by atoms with Gasteiger partial charge in [0.15, 0.2) is 11.2 Å². The Morgan fingerprint density at radius 1 is 1.19 bits per heavy atom. The Morgan fingerprint density at radius 2 is 1.88 bits per heavy atom. The van der Waals surface area contributed by atoms with Crippen molar-refractivity contribution >= 4 is 17.4 Å². The van der Waals surface area contributed by atoms with Crippen molar-refractivity contribution in [2.24, 2.45) is 10.7 Å². The number of anilines is 1. The molecular formula is C20H18F6N4O2. The summed E-state index contributed by atoms with van der Waals surface area (Å²) in [4.78, 5) is 19.6. The molecule has 172 valence electrons. The Hall–Kier alpha value is -3.31. The number of amidine groups is 1. The number of rotatable bonds is 5. The van der Waals surface area contributed by atoms with Crippen LogP contribution < -0.4 is 15.8 Å². The van der Waals surface area contributed by atoms with Crippen molar-refractivity contribution in [3.63, 3.8) is 0 Å². The van der Waals surface area contributed by atoms with Crippen LogP contribution in [0.25, 0.3) is 0 Å². The van der Waals surface area contributed by atoms with Gasteiger partial charge in [0.25, 0.3) is 11.8 Å². The number of pyridine rings is 1. The van der Waals surface area contributed by atoms with Crippen LogP contribution in [0.5, 0.6) is 5.75 Å². The quantitative estimate of drug-likeness (QED) is 0.647. The second kappa shape index (κ2) is 7.99. The molecule has 2 aromatic rings. The van der Waals surface area contributed by atoms with Crippen molar-refractivity contribution in [1.29, 1.82) is 0 Å². The number of aromatic nitrogens is 1. The number of nitrogens with two attached hydrogens (primary N) is 1. The average Bonchev–Trinajstić information content (AvgIpc) is 2.67. The van der Waals surface area contributed by atoms with E-state index < -0.39 is 53.3 Å². The normalized spacial score (nSPS) is 24.7. The molecule has 0 saturated carbocycles. The van der Waals surface area contributed by atoms with Gasteiger partial charge in [-0.25, -0.2) is 22.5 Å². The number of aliphatic imine (C=N–C) groups is 1. The lowest BCUT2D eigenvalue weighted by atomic mass is 9.77. The third-order valence-corrected chi connectivity index (χ3v) is 5.09. The van der Waals surface area contributed by atoms with Crippen molar-refractivity contribution in [3.8, 4) is 5.75 Å². The van der Waals surface area contributed by atoms with Gasteiger partial charge in [-0.05, 0) is 44.2 Å². The maximum absolute atomic E-state index is 14.8. The summed E-state index contributed by atoms with van der Waals surface area (Å²) in [5.74, 6) is -6.66. The zero-order valence-corrected chi connectivity index (χ0v) is 16.8. The Labute approximate surface area is 178 Å². The molecule has 2 atom stereocenters. The minimum Gasteiger partial charge on any atom is -0.433 e. The molecule has 3 rings (SSSR count). The second-order valence-electron chi connectivity index (χ2n) is 7.55. The molecule has 0 fully saturated rings. The van der Waals surface area contributed by atoms with Crippen LogP contribution >= 0.6 is 0 Å². The summed E-state index contributed by atoms with van der Waals surface area (Å²) < 4.78 is 87.0. The van der Waals surface area contributed by atoms with Crippen LogP contribution in [0.3, 0.4) is 0 Å². The van der Waals surface area contributed by atoms with Gasteiger partial charge in [-0.15, -0.1) is 0 Å². The van der Waals surface area contributed by atoms with E-state index in [4.69, 9.17) is 5.73 Å². The molecule has 3 N–H and O–H groups in total. The Kier molecular flexibility index (Phi) is 5.83. The summed E-state index contributed by atoms with van der Waals surface area (Å²) in [7, 11) is 0. The summed E-state index contributed by atoms with van der Waals surface area (Å²) in [6, 6.07) is 5.07. The molecule has 0 unspecified atom stereocenters. The van der Waals surface area contributed by atoms with Crippen LogP contribution in [-0.4, -0.2) is 34.9 Å². The molecule has 1 aromatic heterocycles. The number of amides is 1. The molecule has 1 aliphatic heterocycles. The van der Waals surface area contributed by atoms with E-state index in [2.05, 4.69) is 20.0 Å². The van der Waals surface area contributed by atoms with Gasteiger partial charge in [-0.1, -0.05) is 0 Å². The third-order valence-electron chi connectivity index (χ3n) is 5.09. The molecule has 0 aliphatic carbocycles. The largest absolute Gasteiger partial charge is 0.433 e. The first-order chi connectivity index (χ1) is 14.7. The van der Waals surface area contributed by atoms with Crippen LogP contribution in [0, 0.1) is 5.82 Å². The number of alkyl halides is 5. The number of carbonyl (C=O) groups is 1. The number of hydrogen-bond donors (Lipinski definition) is 2. The van der Waals surface area contributed by atoms with Gasteiger partial charge in [0.05, 0.1) is 12.6 Å². The molecule has 12 heteroatoms. The van der Waals surface area contributed by atoms with E-state index in [1.165, 1.54) is 0 Å². The Balaban J connectivity index is 1.91. The SMILES string of the molecule is C[C@]1(F)CC(F)(F)[C@@](C)(c2cc(NC(=O)c3ccc(OC(F)F)cn3)ccc2F)N=C1N. The summed E-state index contributed by atoms with van der Waals surface area (Å²) in [6.07, 6.45) is -0.412. The first-order valence-corrected chi connectivity index (χ1v) is 9.20. The smallest absolute Gasteiger partial charge is 0.387 e. The maximum atomic E-state index is 14.8. The third kappa shape index (κ3) is 4.34. The van der Waals surface area contributed by atoms with E-state index in [9.17, 15) is 31.1 Å². The van der Waals surface area contributed by atoms with E-state index in [-0.39, 0.29) is 17.1 Å². The monoisotopic (exact) mass is 460 g/mol. The fourth-order valence-electron chi connectivity index (χ4n) is 3.23. The molecule has 1 aliphatic rings. The first kappa shape index (κ1) is 23.4. The molecule has 0 spiro atoms. The van der Waals surface area contributed by atoms with Crippen molar-refractivity contribution in [3.05, 3.63) is 53.6 Å². The van der Waals surface area contributed by atoms with Crippen molar-refractivity contribution in [2.75, 3.05) is 5.32 Å². The molecule has 32 heavy (non-hydrogen) atoms. The number of carbonyl (C=O) groups excluding carboxylic acids is 1. The average molecular weight is 460 g/mol. The molecule has 1 aromatic carbocycles. The second-order valence-corrected chi connectivity index (χ2v) is 7.55. The number of hydrogen-bond acceptors (Lipinski definition) is 5. The van der Waals surface area contributed by atoms with E-state index in [0.717, 1.165) is 50.4 Å². The van der Waals surface area contributed by atoms with E-state index >= 15 is 0 Å². The zero-order valence-electron chi connectivity index (χ0n) is 16.8. The Morgan fingerprint density at radius 3 is 2.47 bits per heavy atom. The molecule has 2 heterocycles. The van der Waals surface area contributed by atoms with Crippen LogP contribution in [0.1, 0.15) is 36.3 Å². The van der Waals surface area contributed by atoms with Crippen LogP contribution in [0.4, 0.5) is 32.0 Å². The van der Waals surface area contributed by atoms with Gasteiger partial charge in [0.1, 0.15) is 23.1 Å². The molecule has 1 amide bonds. The maximum Gasteiger partial charge on any atom is 0.387 e. The zero-order chi connectivity index (χ0) is 23.9. The molecule has 0 bridgehead atoms. The number of benzene rings is 1. The first-order valence-electron chi connectivity index (χ1n) is 9.20. The standard InChI is InChI=1S/C20H18F6N4O2/c1-18(24)9-20(25,26)19(2,30-16(18)27)12-7-10(3-5-13(12)21)29-15(31)14-6-4-11(8-28-14)32-17(22)23/h3-8,17H,9H2,1-2H3,(H2,27,30)(H,29,31)/t18-,19+/m0/s1. The fourth-order valence-corrected chi connectivity index (χ4v) is 3.23. The summed E-state index contributed by atoms with van der Waals surface area (Å²) >= 11 is 0. The van der Waals surface area contributed by atoms with Crippen molar-refractivity contribution in [2.45, 2.75) is 44.0 Å². The number of nitrogens with one attached hydrogen (secondary N) is 1. The fraction of sp³-hybridized carbons (Fsp3) is 0.350. The highest BCUT2D eigenvalue weighted by molar-refractivity contribution is 6.03. The van der Waals surface area contributed by atoms with E-state index in [1.807, 2.05) is 0 Å². The minimum absolute atomic E-state index is 0.0829. The predicted molar refractivity (Wildman–Crippen MR) is 103 cm³/mol. The topological polar surface area (TPSA) is 89.6 Å². The molecule has 0 saturated heterocycles. The van der Waals surface area contributed by atoms with Crippen LogP contribution in [-0.2, 0) is 5.54 Å². The highest BCUT2D eigenvalue weighted by Crippen LogP contribution is 2.50. The molecule has 6 nitrogen and oxygen atoms in total. The lowest BCUT2D eigenvalue weighted by Crippen LogP contribution is -2.56. The van der Waals surface area contributed by atoms with Gasteiger partial charge < -0.3 is 15.8 Å². The van der Waals surface area contributed by atoms with Crippen LogP contribution in [0.2, 0.25) is 0 Å². The Bertz CT molecular complexity index is 1060. The molecule has 0 radical (unpaired) electrons. The van der Waals surface area contributed by atoms with Crippen molar-refractivity contribution < 1.29 is 35.9 Å². The van der Waals surface area contributed by atoms with E-state index in [0.29, 0.717) is 0 Å². The summed E-state index contributed by atoms with van der Waals surface area (Å²) in [6.45, 7) is -1.29. The van der Waals surface area contributed by atoms with E-state index in [1.54, 1.807) is 0 Å². The lowest BCUT2D eigenvalue weighted by molar-refractivity contribution is -0.106. The number of ether oxygens (including phenoxy) is 1. The van der Waals surface area contributed by atoms with Gasteiger partial charge in [0, 0.05) is 11.3 Å². The number of nitrogens with zero attached hydrogens (tertiary/aromatic N) is 2.